The Balaban J connectivity index is 2.15. The van der Waals surface area contributed by atoms with Gasteiger partial charge in [0.05, 0.1) is 11.5 Å². The van der Waals surface area contributed by atoms with Gasteiger partial charge in [-0.3, -0.25) is 4.79 Å². The number of carboxylic acids is 1. The van der Waals surface area contributed by atoms with Crippen LogP contribution in [0.15, 0.2) is 30.3 Å². The van der Waals surface area contributed by atoms with Crippen LogP contribution in [0.2, 0.25) is 0 Å². The van der Waals surface area contributed by atoms with Gasteiger partial charge in [-0.1, -0.05) is 49.6 Å². The van der Waals surface area contributed by atoms with E-state index in [0.717, 1.165) is 24.8 Å². The fourth-order valence-corrected chi connectivity index (χ4v) is 2.87. The number of benzene rings is 1. The summed E-state index contributed by atoms with van der Waals surface area (Å²) in [6.07, 6.45) is 4.57. The second-order valence-corrected chi connectivity index (χ2v) is 5.24. The summed E-state index contributed by atoms with van der Waals surface area (Å²) in [4.78, 5) is 11.4. The normalized spacial score (nSPS) is 20.3. The van der Waals surface area contributed by atoms with E-state index in [1.807, 2.05) is 30.3 Å². The Hall–Kier alpha value is -1.35. The Labute approximate surface area is 107 Å². The molecule has 0 aromatic heterocycles. The predicted octanol–water partition coefficient (Wildman–Crippen LogP) is 2.63. The van der Waals surface area contributed by atoms with E-state index in [9.17, 15) is 15.0 Å². The molecule has 0 amide bonds. The fourth-order valence-electron chi connectivity index (χ4n) is 2.87. The predicted molar refractivity (Wildman–Crippen MR) is 69.3 cm³/mol. The molecule has 0 radical (unpaired) electrons. The molecule has 0 bridgehead atoms. The number of hydrogen-bond acceptors (Lipinski definition) is 2. The Morgan fingerprint density at radius 1 is 1.17 bits per heavy atom. The number of carboxylic acid groups (broad SMARTS) is 1. The summed E-state index contributed by atoms with van der Waals surface area (Å²) >= 11 is 0. The van der Waals surface area contributed by atoms with Crippen molar-refractivity contribution in [3.63, 3.8) is 0 Å². The minimum absolute atomic E-state index is 0.409. The van der Waals surface area contributed by atoms with Gasteiger partial charge in [0, 0.05) is 0 Å². The van der Waals surface area contributed by atoms with E-state index in [1.54, 1.807) is 0 Å². The average Bonchev–Trinajstić information content (AvgIpc) is 2.37. The van der Waals surface area contributed by atoms with Crippen LogP contribution in [0.4, 0.5) is 0 Å². The molecule has 1 aromatic rings. The van der Waals surface area contributed by atoms with Gasteiger partial charge in [0.2, 0.25) is 0 Å². The fraction of sp³-hybridized carbons (Fsp3) is 0.533. The third kappa shape index (κ3) is 2.91. The third-order valence-corrected chi connectivity index (χ3v) is 3.95. The summed E-state index contributed by atoms with van der Waals surface area (Å²) in [5, 5.41) is 20.0. The van der Waals surface area contributed by atoms with Crippen molar-refractivity contribution < 1.29 is 15.0 Å². The summed E-state index contributed by atoms with van der Waals surface area (Å²) in [5.74, 6) is -1.58. The molecule has 3 heteroatoms. The van der Waals surface area contributed by atoms with Crippen LogP contribution in [0.1, 0.15) is 37.7 Å². The first-order chi connectivity index (χ1) is 8.62. The summed E-state index contributed by atoms with van der Waals surface area (Å²) in [7, 11) is 0. The minimum atomic E-state index is -1.03. The van der Waals surface area contributed by atoms with Gasteiger partial charge in [-0.2, -0.15) is 0 Å². The van der Waals surface area contributed by atoms with Crippen LogP contribution < -0.4 is 0 Å². The highest BCUT2D eigenvalue weighted by atomic mass is 16.4. The molecule has 1 aromatic carbocycles. The molecule has 0 aliphatic heterocycles. The molecule has 1 fully saturated rings. The molecule has 0 heterocycles. The lowest BCUT2D eigenvalue weighted by Gasteiger charge is -2.37. The van der Waals surface area contributed by atoms with Crippen molar-refractivity contribution in [3.05, 3.63) is 35.9 Å². The van der Waals surface area contributed by atoms with Gasteiger partial charge < -0.3 is 10.2 Å². The molecular weight excluding hydrogens is 228 g/mol. The molecule has 2 N–H and O–H groups in total. The summed E-state index contributed by atoms with van der Waals surface area (Å²) in [5.41, 5.74) is -0.0520. The van der Waals surface area contributed by atoms with Crippen molar-refractivity contribution in [1.29, 1.82) is 0 Å². The van der Waals surface area contributed by atoms with Crippen molar-refractivity contribution in [2.45, 2.75) is 44.1 Å². The quantitative estimate of drug-likeness (QED) is 0.861. The van der Waals surface area contributed by atoms with Crippen LogP contribution in [0.5, 0.6) is 0 Å². The molecule has 1 aliphatic carbocycles. The maximum absolute atomic E-state index is 11.4. The second-order valence-electron chi connectivity index (χ2n) is 5.24. The van der Waals surface area contributed by atoms with Gasteiger partial charge in [-0.15, -0.1) is 0 Å². The first-order valence-corrected chi connectivity index (χ1v) is 6.61. The van der Waals surface area contributed by atoms with E-state index in [4.69, 9.17) is 0 Å². The molecule has 18 heavy (non-hydrogen) atoms. The van der Waals surface area contributed by atoms with Crippen molar-refractivity contribution in [2.24, 2.45) is 5.92 Å². The Kier molecular flexibility index (Phi) is 4.02. The van der Waals surface area contributed by atoms with Gasteiger partial charge in [0.25, 0.3) is 0 Å². The Bertz CT molecular complexity index is 393. The molecule has 1 saturated carbocycles. The van der Waals surface area contributed by atoms with Crippen LogP contribution >= 0.6 is 0 Å². The average molecular weight is 248 g/mol. The van der Waals surface area contributed by atoms with Crippen LogP contribution in [0.3, 0.4) is 0 Å². The summed E-state index contributed by atoms with van der Waals surface area (Å²) < 4.78 is 0. The van der Waals surface area contributed by atoms with Crippen LogP contribution in [-0.2, 0) is 11.2 Å². The molecule has 0 saturated heterocycles. The number of carbonyl (C=O) groups is 1. The third-order valence-electron chi connectivity index (χ3n) is 3.95. The van der Waals surface area contributed by atoms with Crippen molar-refractivity contribution in [2.75, 3.05) is 0 Å². The highest BCUT2D eigenvalue weighted by Crippen LogP contribution is 2.36. The number of aliphatic hydroxyl groups is 1. The van der Waals surface area contributed by atoms with Crippen LogP contribution in [0, 0.1) is 5.92 Å². The largest absolute Gasteiger partial charge is 0.481 e. The highest BCUT2D eigenvalue weighted by Gasteiger charge is 2.42. The number of hydrogen-bond donors (Lipinski definition) is 2. The molecule has 1 aliphatic rings. The Morgan fingerprint density at radius 2 is 1.78 bits per heavy atom. The zero-order chi connectivity index (χ0) is 13.0. The van der Waals surface area contributed by atoms with Gasteiger partial charge in [0.15, 0.2) is 0 Å². The highest BCUT2D eigenvalue weighted by molar-refractivity contribution is 5.72. The zero-order valence-electron chi connectivity index (χ0n) is 10.5. The van der Waals surface area contributed by atoms with Crippen molar-refractivity contribution in [1.82, 2.24) is 0 Å². The van der Waals surface area contributed by atoms with E-state index in [2.05, 4.69) is 0 Å². The molecule has 2 rings (SSSR count). The molecule has 1 unspecified atom stereocenters. The lowest BCUT2D eigenvalue weighted by atomic mass is 9.73. The lowest BCUT2D eigenvalue weighted by Crippen LogP contribution is -2.45. The first kappa shape index (κ1) is 13.1. The second kappa shape index (κ2) is 5.53. The Morgan fingerprint density at radius 3 is 2.33 bits per heavy atom. The summed E-state index contributed by atoms with van der Waals surface area (Å²) in [6.45, 7) is 0. The topological polar surface area (TPSA) is 57.5 Å². The van der Waals surface area contributed by atoms with E-state index < -0.39 is 17.5 Å². The molecular formula is C15H20O3. The molecule has 3 nitrogen and oxygen atoms in total. The van der Waals surface area contributed by atoms with E-state index >= 15 is 0 Å². The van der Waals surface area contributed by atoms with Crippen molar-refractivity contribution >= 4 is 5.97 Å². The molecule has 0 spiro atoms. The monoisotopic (exact) mass is 248 g/mol. The van der Waals surface area contributed by atoms with E-state index in [1.165, 1.54) is 0 Å². The van der Waals surface area contributed by atoms with Gasteiger partial charge in [0.1, 0.15) is 0 Å². The number of aliphatic carboxylic acids is 1. The van der Waals surface area contributed by atoms with Crippen LogP contribution in [-0.4, -0.2) is 21.8 Å². The lowest BCUT2D eigenvalue weighted by molar-refractivity contribution is -0.154. The van der Waals surface area contributed by atoms with E-state index in [-0.39, 0.29) is 0 Å². The maximum Gasteiger partial charge on any atom is 0.309 e. The maximum atomic E-state index is 11.4. The minimum Gasteiger partial charge on any atom is -0.481 e. The zero-order valence-corrected chi connectivity index (χ0v) is 10.5. The van der Waals surface area contributed by atoms with Gasteiger partial charge in [-0.25, -0.2) is 0 Å². The first-order valence-electron chi connectivity index (χ1n) is 6.61. The molecule has 1 atom stereocenters. The van der Waals surface area contributed by atoms with Crippen LogP contribution in [0.25, 0.3) is 0 Å². The SMILES string of the molecule is O=C(O)C(Cc1ccccc1)C1(O)CCCCC1. The van der Waals surface area contributed by atoms with Gasteiger partial charge in [-0.05, 0) is 24.8 Å². The van der Waals surface area contributed by atoms with E-state index in [0.29, 0.717) is 19.3 Å². The standard InChI is InChI=1S/C15H20O3/c16-14(17)13(11-12-7-3-1-4-8-12)15(18)9-5-2-6-10-15/h1,3-4,7-8,13,18H,2,5-6,9-11H2,(H,16,17). The number of rotatable bonds is 4. The van der Waals surface area contributed by atoms with Gasteiger partial charge >= 0.3 is 5.97 Å². The van der Waals surface area contributed by atoms with Crippen molar-refractivity contribution in [3.8, 4) is 0 Å². The smallest absolute Gasteiger partial charge is 0.309 e. The molecule has 98 valence electrons. The summed E-state index contributed by atoms with van der Waals surface area (Å²) in [6, 6.07) is 9.55.